The first kappa shape index (κ1) is 13.7. The second kappa shape index (κ2) is 7.81. The van der Waals surface area contributed by atoms with Crippen LogP contribution < -0.4 is 22.3 Å². The van der Waals surface area contributed by atoms with Gasteiger partial charge in [0.15, 0.2) is 0 Å². The van der Waals surface area contributed by atoms with Gasteiger partial charge in [0.2, 0.25) is 0 Å². The van der Waals surface area contributed by atoms with Crippen molar-refractivity contribution in [3.05, 3.63) is 33.1 Å². The molecule has 17 heavy (non-hydrogen) atoms. The molecule has 0 saturated heterocycles. The zero-order valence-electron chi connectivity index (χ0n) is 9.95. The fourth-order valence-corrected chi connectivity index (χ4v) is 1.51. The number of rotatable bonds is 8. The second-order valence-corrected chi connectivity index (χ2v) is 3.90. The Balaban J connectivity index is 2.18. The number of nitrogens with zero attached hydrogens (tertiary/aromatic N) is 1. The van der Waals surface area contributed by atoms with Crippen LogP contribution >= 0.6 is 0 Å². The molecule has 6 nitrogen and oxygen atoms in total. The molecule has 0 aromatic carbocycles. The Morgan fingerprint density at radius 3 is 2.71 bits per heavy atom. The molecule has 0 fully saturated rings. The van der Waals surface area contributed by atoms with Crippen LogP contribution in [0.1, 0.15) is 19.3 Å². The van der Waals surface area contributed by atoms with Gasteiger partial charge in [-0.2, -0.15) is 0 Å². The van der Waals surface area contributed by atoms with Gasteiger partial charge in [0, 0.05) is 18.8 Å². The summed E-state index contributed by atoms with van der Waals surface area (Å²) < 4.78 is 1.50. The Hall–Kier alpha value is -1.40. The molecule has 1 aromatic rings. The predicted octanol–water partition coefficient (Wildman–Crippen LogP) is -0.745. The van der Waals surface area contributed by atoms with Crippen LogP contribution in [0.5, 0.6) is 0 Å². The normalized spacial score (nSPS) is 10.6. The molecule has 0 aliphatic rings. The average Bonchev–Trinajstić information content (AvgIpc) is 2.30. The standard InChI is InChI=1S/C11H20N4O2/c12-5-1-2-6-13-7-3-8-15-9-4-10(16)14-11(15)17/h4,9,13H,1-3,5-8,12H2,(H,14,16,17). The number of hydrogen-bond donors (Lipinski definition) is 3. The van der Waals surface area contributed by atoms with Gasteiger partial charge in [-0.1, -0.05) is 0 Å². The van der Waals surface area contributed by atoms with Crippen LogP contribution in [0.15, 0.2) is 21.9 Å². The summed E-state index contributed by atoms with van der Waals surface area (Å²) in [5.41, 5.74) is 4.68. The highest BCUT2D eigenvalue weighted by atomic mass is 16.2. The van der Waals surface area contributed by atoms with Gasteiger partial charge in [0.05, 0.1) is 0 Å². The Morgan fingerprint density at radius 2 is 2.00 bits per heavy atom. The number of H-pyrrole nitrogens is 1. The van der Waals surface area contributed by atoms with Crippen molar-refractivity contribution in [3.63, 3.8) is 0 Å². The van der Waals surface area contributed by atoms with Crippen molar-refractivity contribution in [2.75, 3.05) is 19.6 Å². The van der Waals surface area contributed by atoms with Gasteiger partial charge >= 0.3 is 5.69 Å². The highest BCUT2D eigenvalue weighted by Crippen LogP contribution is 1.85. The van der Waals surface area contributed by atoms with Crippen molar-refractivity contribution in [1.29, 1.82) is 0 Å². The maximum atomic E-state index is 11.3. The molecule has 1 heterocycles. The summed E-state index contributed by atoms with van der Waals surface area (Å²) in [6.45, 7) is 3.15. The van der Waals surface area contributed by atoms with Crippen LogP contribution in [0.25, 0.3) is 0 Å². The summed E-state index contributed by atoms with van der Waals surface area (Å²) in [7, 11) is 0. The summed E-state index contributed by atoms with van der Waals surface area (Å²) in [4.78, 5) is 24.4. The zero-order valence-corrected chi connectivity index (χ0v) is 9.95. The van der Waals surface area contributed by atoms with Crippen molar-refractivity contribution in [3.8, 4) is 0 Å². The third-order valence-corrected chi connectivity index (χ3v) is 2.46. The monoisotopic (exact) mass is 240 g/mol. The molecular weight excluding hydrogens is 220 g/mol. The second-order valence-electron chi connectivity index (χ2n) is 3.90. The summed E-state index contributed by atoms with van der Waals surface area (Å²) in [6, 6.07) is 1.36. The van der Waals surface area contributed by atoms with Gasteiger partial charge in [0.1, 0.15) is 0 Å². The van der Waals surface area contributed by atoms with E-state index in [4.69, 9.17) is 5.73 Å². The Labute approximate surface area is 99.8 Å². The molecule has 6 heteroatoms. The highest BCUT2D eigenvalue weighted by molar-refractivity contribution is 4.82. The van der Waals surface area contributed by atoms with Crippen LogP contribution in [0.2, 0.25) is 0 Å². The predicted molar refractivity (Wildman–Crippen MR) is 67.1 cm³/mol. The summed E-state index contributed by atoms with van der Waals surface area (Å²) in [5, 5.41) is 3.28. The first-order chi connectivity index (χ1) is 8.24. The molecule has 0 radical (unpaired) electrons. The number of aromatic nitrogens is 2. The molecule has 0 amide bonds. The van der Waals surface area contributed by atoms with E-state index < -0.39 is 0 Å². The van der Waals surface area contributed by atoms with E-state index in [1.54, 1.807) is 0 Å². The first-order valence-corrected chi connectivity index (χ1v) is 5.94. The quantitative estimate of drug-likeness (QED) is 0.521. The topological polar surface area (TPSA) is 92.9 Å². The molecule has 0 aliphatic carbocycles. The lowest BCUT2D eigenvalue weighted by Crippen LogP contribution is -2.29. The lowest BCUT2D eigenvalue weighted by Gasteiger charge is -2.05. The minimum Gasteiger partial charge on any atom is -0.330 e. The maximum Gasteiger partial charge on any atom is 0.328 e. The maximum absolute atomic E-state index is 11.3. The smallest absolute Gasteiger partial charge is 0.328 e. The van der Waals surface area contributed by atoms with E-state index >= 15 is 0 Å². The van der Waals surface area contributed by atoms with E-state index in [0.29, 0.717) is 6.54 Å². The molecule has 0 bridgehead atoms. The Morgan fingerprint density at radius 1 is 1.24 bits per heavy atom. The van der Waals surface area contributed by atoms with Gasteiger partial charge in [-0.25, -0.2) is 4.79 Å². The van der Waals surface area contributed by atoms with Gasteiger partial charge in [-0.15, -0.1) is 0 Å². The van der Waals surface area contributed by atoms with Crippen LogP contribution in [0.4, 0.5) is 0 Å². The van der Waals surface area contributed by atoms with E-state index in [9.17, 15) is 9.59 Å². The number of aromatic amines is 1. The van der Waals surface area contributed by atoms with Gasteiger partial charge in [0.25, 0.3) is 5.56 Å². The van der Waals surface area contributed by atoms with Crippen molar-refractivity contribution in [2.45, 2.75) is 25.8 Å². The molecule has 0 aliphatic heterocycles. The van der Waals surface area contributed by atoms with Crippen molar-refractivity contribution >= 4 is 0 Å². The number of aryl methyl sites for hydroxylation is 1. The lowest BCUT2D eigenvalue weighted by atomic mass is 10.3. The Bertz CT molecular complexity index is 424. The van der Waals surface area contributed by atoms with Gasteiger partial charge < -0.3 is 15.6 Å². The fraction of sp³-hybridized carbons (Fsp3) is 0.636. The largest absolute Gasteiger partial charge is 0.330 e. The zero-order chi connectivity index (χ0) is 12.5. The van der Waals surface area contributed by atoms with Gasteiger partial charge in [-0.05, 0) is 38.9 Å². The molecule has 1 aromatic heterocycles. The fourth-order valence-electron chi connectivity index (χ4n) is 1.51. The van der Waals surface area contributed by atoms with Crippen LogP contribution in [-0.4, -0.2) is 29.2 Å². The summed E-state index contributed by atoms with van der Waals surface area (Å²) in [6.07, 6.45) is 4.49. The summed E-state index contributed by atoms with van der Waals surface area (Å²) in [5.74, 6) is 0. The van der Waals surface area contributed by atoms with E-state index in [-0.39, 0.29) is 11.2 Å². The van der Waals surface area contributed by atoms with Crippen molar-refractivity contribution in [2.24, 2.45) is 5.73 Å². The average molecular weight is 240 g/mol. The minimum atomic E-state index is -0.355. The molecule has 1 rings (SSSR count). The lowest BCUT2D eigenvalue weighted by molar-refractivity contribution is 0.549. The number of hydrogen-bond acceptors (Lipinski definition) is 4. The van der Waals surface area contributed by atoms with E-state index in [0.717, 1.165) is 38.9 Å². The van der Waals surface area contributed by atoms with Crippen LogP contribution in [-0.2, 0) is 6.54 Å². The van der Waals surface area contributed by atoms with Crippen LogP contribution in [0.3, 0.4) is 0 Å². The van der Waals surface area contributed by atoms with Crippen molar-refractivity contribution < 1.29 is 0 Å². The molecule has 96 valence electrons. The molecule has 0 atom stereocenters. The number of nitrogens with one attached hydrogen (secondary N) is 2. The first-order valence-electron chi connectivity index (χ1n) is 5.94. The minimum absolute atomic E-state index is 0.347. The van der Waals surface area contributed by atoms with E-state index in [1.165, 1.54) is 16.8 Å². The molecule has 0 spiro atoms. The number of nitrogens with two attached hydrogens (primary N) is 1. The molecule has 4 N–H and O–H groups in total. The highest BCUT2D eigenvalue weighted by Gasteiger charge is 1.95. The van der Waals surface area contributed by atoms with E-state index in [1.807, 2.05) is 0 Å². The van der Waals surface area contributed by atoms with Crippen LogP contribution in [0, 0.1) is 0 Å². The Kier molecular flexibility index (Phi) is 6.27. The molecular formula is C11H20N4O2. The molecule has 0 unspecified atom stereocenters. The van der Waals surface area contributed by atoms with E-state index in [2.05, 4.69) is 10.3 Å². The van der Waals surface area contributed by atoms with Gasteiger partial charge in [-0.3, -0.25) is 9.78 Å². The third kappa shape index (κ3) is 5.46. The summed E-state index contributed by atoms with van der Waals surface area (Å²) >= 11 is 0. The number of unbranched alkanes of at least 4 members (excludes halogenated alkanes) is 1. The van der Waals surface area contributed by atoms with Crippen molar-refractivity contribution in [1.82, 2.24) is 14.9 Å². The third-order valence-electron chi connectivity index (χ3n) is 2.46. The SMILES string of the molecule is NCCCCNCCCn1ccc(=O)[nH]c1=O. The molecule has 0 saturated carbocycles.